The molecule has 1 saturated heterocycles. The molecule has 1 fully saturated rings. The molecule has 16 heavy (non-hydrogen) atoms. The van der Waals surface area contributed by atoms with E-state index in [1.54, 1.807) is 0 Å². The fraction of sp³-hybridized carbons (Fsp3) is 1.00. The zero-order chi connectivity index (χ0) is 12.2. The summed E-state index contributed by atoms with van der Waals surface area (Å²) in [5.41, 5.74) is 0.575. The first kappa shape index (κ1) is 13.9. The minimum Gasteiger partial charge on any atom is -0.314 e. The lowest BCUT2D eigenvalue weighted by Gasteiger charge is -2.37. The van der Waals surface area contributed by atoms with Gasteiger partial charge in [0.2, 0.25) is 0 Å². The number of hydrogen-bond donors (Lipinski definition) is 2. The summed E-state index contributed by atoms with van der Waals surface area (Å²) in [7, 11) is 0. The van der Waals surface area contributed by atoms with Gasteiger partial charge >= 0.3 is 0 Å². The SMILES string of the molecule is CC(C)(CNC(C)(C)C)CN1CCNCC1. The zero-order valence-corrected chi connectivity index (χ0v) is 11.7. The van der Waals surface area contributed by atoms with Crippen LogP contribution in [0.1, 0.15) is 34.6 Å². The molecule has 1 aliphatic heterocycles. The van der Waals surface area contributed by atoms with Gasteiger partial charge in [-0.2, -0.15) is 0 Å². The Kier molecular flexibility index (Phi) is 4.77. The van der Waals surface area contributed by atoms with E-state index in [2.05, 4.69) is 50.2 Å². The highest BCUT2D eigenvalue weighted by Gasteiger charge is 2.24. The van der Waals surface area contributed by atoms with Crippen molar-refractivity contribution in [2.24, 2.45) is 5.41 Å². The summed E-state index contributed by atoms with van der Waals surface area (Å²) in [6, 6.07) is 0. The Morgan fingerprint density at radius 1 is 1.06 bits per heavy atom. The summed E-state index contributed by atoms with van der Waals surface area (Å²) in [6.45, 7) is 18.3. The van der Waals surface area contributed by atoms with Crippen LogP contribution in [0.4, 0.5) is 0 Å². The third-order valence-corrected chi connectivity index (χ3v) is 2.96. The van der Waals surface area contributed by atoms with Crippen LogP contribution in [0.2, 0.25) is 0 Å². The van der Waals surface area contributed by atoms with E-state index < -0.39 is 0 Å². The molecule has 0 aromatic rings. The average Bonchev–Trinajstić information content (AvgIpc) is 2.15. The van der Waals surface area contributed by atoms with Crippen LogP contribution in [0, 0.1) is 5.41 Å². The van der Waals surface area contributed by atoms with Gasteiger partial charge in [-0.3, -0.25) is 0 Å². The highest BCUT2D eigenvalue weighted by molar-refractivity contribution is 4.82. The van der Waals surface area contributed by atoms with Crippen molar-refractivity contribution in [3.63, 3.8) is 0 Å². The van der Waals surface area contributed by atoms with Crippen molar-refractivity contribution in [2.45, 2.75) is 40.2 Å². The van der Waals surface area contributed by atoms with Gasteiger partial charge in [0.05, 0.1) is 0 Å². The molecule has 96 valence electrons. The van der Waals surface area contributed by atoms with Crippen molar-refractivity contribution >= 4 is 0 Å². The first-order chi connectivity index (χ1) is 7.29. The standard InChI is InChI=1S/C13H29N3/c1-12(2,3)15-10-13(4,5)11-16-8-6-14-7-9-16/h14-15H,6-11H2,1-5H3. The van der Waals surface area contributed by atoms with Gasteiger partial charge in [0.25, 0.3) is 0 Å². The van der Waals surface area contributed by atoms with Gasteiger partial charge in [0.1, 0.15) is 0 Å². The molecule has 0 aliphatic carbocycles. The van der Waals surface area contributed by atoms with Crippen molar-refractivity contribution in [3.05, 3.63) is 0 Å². The fourth-order valence-corrected chi connectivity index (χ4v) is 2.03. The van der Waals surface area contributed by atoms with Crippen LogP contribution in [-0.2, 0) is 0 Å². The van der Waals surface area contributed by atoms with Crippen LogP contribution in [0.3, 0.4) is 0 Å². The molecule has 1 rings (SSSR count). The lowest BCUT2D eigenvalue weighted by Crippen LogP contribution is -2.50. The minimum absolute atomic E-state index is 0.223. The molecule has 0 atom stereocenters. The van der Waals surface area contributed by atoms with Crippen LogP contribution in [0.5, 0.6) is 0 Å². The maximum atomic E-state index is 3.61. The van der Waals surface area contributed by atoms with Crippen LogP contribution >= 0.6 is 0 Å². The van der Waals surface area contributed by atoms with Crippen molar-refractivity contribution < 1.29 is 0 Å². The molecule has 0 amide bonds. The van der Waals surface area contributed by atoms with Gasteiger partial charge in [-0.25, -0.2) is 0 Å². The summed E-state index contributed by atoms with van der Waals surface area (Å²) < 4.78 is 0. The van der Waals surface area contributed by atoms with Crippen molar-refractivity contribution in [1.29, 1.82) is 0 Å². The molecule has 0 unspecified atom stereocenters. The average molecular weight is 227 g/mol. The van der Waals surface area contributed by atoms with E-state index >= 15 is 0 Å². The normalized spacial score (nSPS) is 20.1. The zero-order valence-electron chi connectivity index (χ0n) is 11.7. The van der Waals surface area contributed by atoms with Crippen molar-refractivity contribution in [3.8, 4) is 0 Å². The molecule has 1 aliphatic rings. The molecular formula is C13H29N3. The monoisotopic (exact) mass is 227 g/mol. The second kappa shape index (κ2) is 5.48. The first-order valence-corrected chi connectivity index (χ1v) is 6.47. The molecule has 3 nitrogen and oxygen atoms in total. The molecule has 0 radical (unpaired) electrons. The number of hydrogen-bond acceptors (Lipinski definition) is 3. The summed E-state index contributed by atoms with van der Waals surface area (Å²) in [6.07, 6.45) is 0. The van der Waals surface area contributed by atoms with Crippen LogP contribution in [-0.4, -0.2) is 49.7 Å². The van der Waals surface area contributed by atoms with E-state index in [1.807, 2.05) is 0 Å². The van der Waals surface area contributed by atoms with E-state index in [9.17, 15) is 0 Å². The highest BCUT2D eigenvalue weighted by Crippen LogP contribution is 2.17. The van der Waals surface area contributed by atoms with Gasteiger partial charge in [0, 0.05) is 44.8 Å². The Morgan fingerprint density at radius 3 is 2.12 bits per heavy atom. The lowest BCUT2D eigenvalue weighted by atomic mass is 9.91. The predicted octanol–water partition coefficient (Wildman–Crippen LogP) is 1.31. The van der Waals surface area contributed by atoms with Crippen LogP contribution in [0.15, 0.2) is 0 Å². The predicted molar refractivity (Wildman–Crippen MR) is 70.8 cm³/mol. The molecule has 0 spiro atoms. The number of nitrogens with one attached hydrogen (secondary N) is 2. The number of rotatable bonds is 4. The Bertz CT molecular complexity index is 200. The molecule has 0 aromatic heterocycles. The van der Waals surface area contributed by atoms with Gasteiger partial charge in [-0.15, -0.1) is 0 Å². The summed E-state index contributed by atoms with van der Waals surface area (Å²) >= 11 is 0. The van der Waals surface area contributed by atoms with E-state index in [-0.39, 0.29) is 5.54 Å². The molecule has 3 heteroatoms. The van der Waals surface area contributed by atoms with Gasteiger partial charge < -0.3 is 15.5 Å². The molecule has 0 bridgehead atoms. The van der Waals surface area contributed by atoms with Crippen LogP contribution < -0.4 is 10.6 Å². The van der Waals surface area contributed by atoms with Crippen molar-refractivity contribution in [2.75, 3.05) is 39.3 Å². The van der Waals surface area contributed by atoms with Crippen LogP contribution in [0.25, 0.3) is 0 Å². The maximum absolute atomic E-state index is 3.61. The smallest absolute Gasteiger partial charge is 0.0108 e. The quantitative estimate of drug-likeness (QED) is 0.758. The largest absolute Gasteiger partial charge is 0.314 e. The third kappa shape index (κ3) is 5.83. The molecule has 1 heterocycles. The highest BCUT2D eigenvalue weighted by atomic mass is 15.2. The Morgan fingerprint density at radius 2 is 1.62 bits per heavy atom. The van der Waals surface area contributed by atoms with E-state index in [0.29, 0.717) is 5.41 Å². The fourth-order valence-electron chi connectivity index (χ4n) is 2.03. The van der Waals surface area contributed by atoms with Gasteiger partial charge in [-0.05, 0) is 26.2 Å². The first-order valence-electron chi connectivity index (χ1n) is 6.47. The Balaban J connectivity index is 2.32. The second-order valence-electron chi connectivity index (χ2n) is 6.79. The summed E-state index contributed by atoms with van der Waals surface area (Å²) in [5, 5.41) is 7.01. The topological polar surface area (TPSA) is 27.3 Å². The Labute approximate surface area is 101 Å². The van der Waals surface area contributed by atoms with Crippen molar-refractivity contribution in [1.82, 2.24) is 15.5 Å². The number of piperazine rings is 1. The van der Waals surface area contributed by atoms with Gasteiger partial charge in [0.15, 0.2) is 0 Å². The van der Waals surface area contributed by atoms with E-state index in [4.69, 9.17) is 0 Å². The van der Waals surface area contributed by atoms with E-state index in [0.717, 1.165) is 19.6 Å². The third-order valence-electron chi connectivity index (χ3n) is 2.96. The minimum atomic E-state index is 0.223. The molecule has 0 saturated carbocycles. The molecule has 2 N–H and O–H groups in total. The second-order valence-corrected chi connectivity index (χ2v) is 6.79. The molecule has 0 aromatic carbocycles. The summed E-state index contributed by atoms with van der Waals surface area (Å²) in [5.74, 6) is 0. The molecular weight excluding hydrogens is 198 g/mol. The van der Waals surface area contributed by atoms with E-state index in [1.165, 1.54) is 19.6 Å². The Hall–Kier alpha value is -0.120. The summed E-state index contributed by atoms with van der Waals surface area (Å²) in [4.78, 5) is 2.57. The lowest BCUT2D eigenvalue weighted by molar-refractivity contribution is 0.151. The number of nitrogens with zero attached hydrogens (tertiary/aromatic N) is 1. The van der Waals surface area contributed by atoms with Gasteiger partial charge in [-0.1, -0.05) is 13.8 Å². The maximum Gasteiger partial charge on any atom is 0.0108 e.